The molecule has 1 aromatic heterocycles. The number of aromatic nitrogens is 2. The van der Waals surface area contributed by atoms with Gasteiger partial charge in [-0.15, -0.1) is 0 Å². The van der Waals surface area contributed by atoms with Gasteiger partial charge < -0.3 is 10.0 Å². The van der Waals surface area contributed by atoms with Gasteiger partial charge in [-0.2, -0.15) is 5.10 Å². The molecule has 0 saturated heterocycles. The van der Waals surface area contributed by atoms with E-state index in [1.165, 1.54) is 4.90 Å². The molecule has 0 radical (unpaired) electrons. The Morgan fingerprint density at radius 1 is 1.33 bits per heavy atom. The van der Waals surface area contributed by atoms with Gasteiger partial charge in [0.2, 0.25) is 5.91 Å². The van der Waals surface area contributed by atoms with Crippen molar-refractivity contribution in [2.45, 2.75) is 47.6 Å². The maximum atomic E-state index is 12.2. The molecule has 0 bridgehead atoms. The SMILES string of the molecule is CCN(CC(=O)O)C(=O)Cc1c(C)nn(CC(C)C)c1C. The van der Waals surface area contributed by atoms with Crippen LogP contribution in [-0.4, -0.2) is 44.8 Å². The highest BCUT2D eigenvalue weighted by Gasteiger charge is 2.20. The standard InChI is InChI=1S/C15H25N3O3/c1-6-17(9-15(20)21)14(19)7-13-11(4)16-18(12(13)5)8-10(2)3/h10H,6-9H2,1-5H3,(H,20,21). The summed E-state index contributed by atoms with van der Waals surface area (Å²) in [7, 11) is 0. The molecule has 0 fully saturated rings. The number of carboxylic acid groups (broad SMARTS) is 1. The van der Waals surface area contributed by atoms with Crippen LogP contribution in [0.15, 0.2) is 0 Å². The number of likely N-dealkylation sites (N-methyl/N-ethyl adjacent to an activating group) is 1. The Kier molecular flexibility index (Phi) is 5.93. The first-order chi connectivity index (χ1) is 9.76. The summed E-state index contributed by atoms with van der Waals surface area (Å²) in [6.45, 7) is 10.8. The van der Waals surface area contributed by atoms with E-state index < -0.39 is 5.97 Å². The smallest absolute Gasteiger partial charge is 0.323 e. The number of nitrogens with zero attached hydrogens (tertiary/aromatic N) is 3. The van der Waals surface area contributed by atoms with Gasteiger partial charge in [0.25, 0.3) is 0 Å². The predicted octanol–water partition coefficient (Wildman–Crippen LogP) is 1.63. The first-order valence-electron chi connectivity index (χ1n) is 7.28. The molecule has 0 aromatic carbocycles. The summed E-state index contributed by atoms with van der Waals surface area (Å²) in [6, 6.07) is 0. The molecule has 0 unspecified atom stereocenters. The first-order valence-corrected chi connectivity index (χ1v) is 7.28. The minimum atomic E-state index is -0.992. The number of rotatable bonds is 7. The zero-order valence-electron chi connectivity index (χ0n) is 13.5. The van der Waals surface area contributed by atoms with Crippen LogP contribution in [0.2, 0.25) is 0 Å². The maximum Gasteiger partial charge on any atom is 0.323 e. The molecule has 0 aliphatic heterocycles. The lowest BCUT2D eigenvalue weighted by Crippen LogP contribution is -2.36. The summed E-state index contributed by atoms with van der Waals surface area (Å²) in [5, 5.41) is 13.3. The summed E-state index contributed by atoms with van der Waals surface area (Å²) in [5.74, 6) is -0.685. The third kappa shape index (κ3) is 4.58. The fourth-order valence-electron chi connectivity index (χ4n) is 2.32. The van der Waals surface area contributed by atoms with E-state index in [-0.39, 0.29) is 18.9 Å². The normalized spacial score (nSPS) is 11.0. The second-order valence-electron chi connectivity index (χ2n) is 5.70. The van der Waals surface area contributed by atoms with Gasteiger partial charge in [-0.1, -0.05) is 13.8 Å². The molecule has 6 nitrogen and oxygen atoms in total. The molecule has 1 amide bonds. The van der Waals surface area contributed by atoms with Gasteiger partial charge in [-0.05, 0) is 26.7 Å². The van der Waals surface area contributed by atoms with E-state index in [0.717, 1.165) is 23.5 Å². The number of aryl methyl sites for hydroxylation is 1. The number of amides is 1. The molecule has 1 heterocycles. The summed E-state index contributed by atoms with van der Waals surface area (Å²) < 4.78 is 1.93. The molecule has 1 aromatic rings. The molecule has 0 aliphatic carbocycles. The molecule has 118 valence electrons. The van der Waals surface area contributed by atoms with Crippen LogP contribution < -0.4 is 0 Å². The van der Waals surface area contributed by atoms with E-state index in [1.54, 1.807) is 6.92 Å². The van der Waals surface area contributed by atoms with Crippen LogP contribution >= 0.6 is 0 Å². The summed E-state index contributed by atoms with van der Waals surface area (Å²) in [6.07, 6.45) is 0.205. The van der Waals surface area contributed by atoms with Crippen molar-refractivity contribution in [2.75, 3.05) is 13.1 Å². The highest BCUT2D eigenvalue weighted by molar-refractivity contribution is 5.83. The molecule has 21 heavy (non-hydrogen) atoms. The monoisotopic (exact) mass is 295 g/mol. The van der Waals surface area contributed by atoms with Crippen molar-refractivity contribution in [3.05, 3.63) is 17.0 Å². The van der Waals surface area contributed by atoms with Crippen molar-refractivity contribution in [1.82, 2.24) is 14.7 Å². The van der Waals surface area contributed by atoms with E-state index in [9.17, 15) is 9.59 Å². The lowest BCUT2D eigenvalue weighted by atomic mass is 10.1. The second kappa shape index (κ2) is 7.24. The average Bonchev–Trinajstić information content (AvgIpc) is 2.62. The quantitative estimate of drug-likeness (QED) is 0.829. The molecular weight excluding hydrogens is 270 g/mol. The zero-order valence-corrected chi connectivity index (χ0v) is 13.5. The van der Waals surface area contributed by atoms with E-state index in [4.69, 9.17) is 5.11 Å². The van der Waals surface area contributed by atoms with Gasteiger partial charge in [0, 0.05) is 24.3 Å². The third-order valence-electron chi connectivity index (χ3n) is 3.46. The maximum absolute atomic E-state index is 12.2. The highest BCUT2D eigenvalue weighted by atomic mass is 16.4. The zero-order chi connectivity index (χ0) is 16.2. The molecule has 1 N–H and O–H groups in total. The Balaban J connectivity index is 2.89. The molecule has 0 spiro atoms. The molecule has 6 heteroatoms. The molecule has 1 rings (SSSR count). The van der Waals surface area contributed by atoms with Gasteiger partial charge in [0.05, 0.1) is 12.1 Å². The second-order valence-corrected chi connectivity index (χ2v) is 5.70. The van der Waals surface area contributed by atoms with Crippen molar-refractivity contribution in [2.24, 2.45) is 5.92 Å². The molecule has 0 aliphatic rings. The summed E-state index contributed by atoms with van der Waals surface area (Å²) in [4.78, 5) is 24.4. The number of hydrogen-bond acceptors (Lipinski definition) is 3. The lowest BCUT2D eigenvalue weighted by Gasteiger charge is -2.18. The van der Waals surface area contributed by atoms with Crippen LogP contribution in [0.1, 0.15) is 37.7 Å². The fourth-order valence-corrected chi connectivity index (χ4v) is 2.32. The first kappa shape index (κ1) is 17.2. The Bertz CT molecular complexity index is 520. The van der Waals surface area contributed by atoms with Crippen molar-refractivity contribution >= 4 is 11.9 Å². The number of aliphatic carboxylic acids is 1. The van der Waals surface area contributed by atoms with Crippen molar-refractivity contribution in [3.63, 3.8) is 0 Å². The highest BCUT2D eigenvalue weighted by Crippen LogP contribution is 2.16. The van der Waals surface area contributed by atoms with Gasteiger partial charge in [0.15, 0.2) is 0 Å². The Morgan fingerprint density at radius 2 is 1.95 bits per heavy atom. The van der Waals surface area contributed by atoms with Crippen molar-refractivity contribution in [1.29, 1.82) is 0 Å². The third-order valence-corrected chi connectivity index (χ3v) is 3.46. The number of hydrogen-bond donors (Lipinski definition) is 1. The Hall–Kier alpha value is -1.85. The van der Waals surface area contributed by atoms with E-state index in [1.807, 2.05) is 18.5 Å². The van der Waals surface area contributed by atoms with Gasteiger partial charge in [-0.25, -0.2) is 0 Å². The van der Waals surface area contributed by atoms with Crippen molar-refractivity contribution in [3.8, 4) is 0 Å². The van der Waals surface area contributed by atoms with Crippen molar-refractivity contribution < 1.29 is 14.7 Å². The van der Waals surface area contributed by atoms with Crippen LogP contribution in [0.4, 0.5) is 0 Å². The Morgan fingerprint density at radius 3 is 2.43 bits per heavy atom. The number of carbonyl (C=O) groups is 2. The van der Waals surface area contributed by atoms with E-state index >= 15 is 0 Å². The minimum Gasteiger partial charge on any atom is -0.480 e. The van der Waals surface area contributed by atoms with Crippen LogP contribution in [0, 0.1) is 19.8 Å². The summed E-state index contributed by atoms with van der Waals surface area (Å²) >= 11 is 0. The summed E-state index contributed by atoms with van der Waals surface area (Å²) in [5.41, 5.74) is 2.73. The fraction of sp³-hybridized carbons (Fsp3) is 0.667. The van der Waals surface area contributed by atoms with Crippen LogP contribution in [-0.2, 0) is 22.6 Å². The number of carbonyl (C=O) groups excluding carboxylic acids is 1. The van der Waals surface area contributed by atoms with Crippen LogP contribution in [0.3, 0.4) is 0 Å². The average molecular weight is 295 g/mol. The largest absolute Gasteiger partial charge is 0.480 e. The van der Waals surface area contributed by atoms with Gasteiger partial charge >= 0.3 is 5.97 Å². The van der Waals surface area contributed by atoms with Gasteiger partial charge in [-0.3, -0.25) is 14.3 Å². The van der Waals surface area contributed by atoms with E-state index in [0.29, 0.717) is 12.5 Å². The van der Waals surface area contributed by atoms with Crippen LogP contribution in [0.5, 0.6) is 0 Å². The van der Waals surface area contributed by atoms with Gasteiger partial charge in [0.1, 0.15) is 6.54 Å². The number of carboxylic acids is 1. The molecular formula is C15H25N3O3. The predicted molar refractivity (Wildman–Crippen MR) is 80.1 cm³/mol. The Labute approximate surface area is 125 Å². The topological polar surface area (TPSA) is 75.4 Å². The minimum absolute atomic E-state index is 0.171. The molecule has 0 atom stereocenters. The van der Waals surface area contributed by atoms with Crippen LogP contribution in [0.25, 0.3) is 0 Å². The molecule has 0 saturated carbocycles. The lowest BCUT2D eigenvalue weighted by molar-refractivity contribution is -0.144. The van der Waals surface area contributed by atoms with E-state index in [2.05, 4.69) is 18.9 Å².